The van der Waals surface area contributed by atoms with E-state index in [1.54, 1.807) is 17.0 Å². The third kappa shape index (κ3) is 3.38. The number of nitro benzene ring substituents is 1. The van der Waals surface area contributed by atoms with Crippen LogP contribution in [0.5, 0.6) is 0 Å². The van der Waals surface area contributed by atoms with Gasteiger partial charge in [-0.15, -0.1) is 11.8 Å². The lowest BCUT2D eigenvalue weighted by atomic mass is 9.89. The number of H-pyrrole nitrogens is 1. The normalized spacial score (nSPS) is 15.1. The molecule has 28 heavy (non-hydrogen) atoms. The first kappa shape index (κ1) is 18.6. The van der Waals surface area contributed by atoms with Crippen LogP contribution < -0.4 is 0 Å². The van der Waals surface area contributed by atoms with E-state index in [2.05, 4.69) is 23.3 Å². The van der Waals surface area contributed by atoms with E-state index in [0.29, 0.717) is 19.0 Å². The van der Waals surface area contributed by atoms with Crippen molar-refractivity contribution in [2.75, 3.05) is 19.3 Å². The summed E-state index contributed by atoms with van der Waals surface area (Å²) < 4.78 is 0. The molecule has 1 fully saturated rings. The number of carbonyl (C=O) groups excluding carboxylic acids is 1. The Hall–Kier alpha value is -2.80. The molecule has 1 saturated heterocycles. The lowest BCUT2D eigenvalue weighted by molar-refractivity contribution is -0.385. The standard InChI is InChI=1S/C21H21N3O3S/c1-28-15-6-7-20(24(26)27)17(12-15)21(25)23-10-8-14(9-11-23)18-13-22-19-5-3-2-4-16(18)19/h2-7,12-14,22H,8-11H2,1H3. The van der Waals surface area contributed by atoms with Crippen LogP contribution in [-0.4, -0.2) is 40.1 Å². The van der Waals surface area contributed by atoms with Crippen LogP contribution in [0.3, 0.4) is 0 Å². The highest BCUT2D eigenvalue weighted by Gasteiger charge is 2.29. The van der Waals surface area contributed by atoms with Gasteiger partial charge in [0, 0.05) is 41.2 Å². The van der Waals surface area contributed by atoms with Crippen LogP contribution in [0.2, 0.25) is 0 Å². The van der Waals surface area contributed by atoms with Gasteiger partial charge in [0.1, 0.15) is 5.56 Å². The lowest BCUT2D eigenvalue weighted by Gasteiger charge is -2.32. The van der Waals surface area contributed by atoms with E-state index in [-0.39, 0.29) is 17.2 Å². The first-order valence-electron chi connectivity index (χ1n) is 9.26. The highest BCUT2D eigenvalue weighted by atomic mass is 32.2. The Morgan fingerprint density at radius 2 is 1.96 bits per heavy atom. The molecule has 1 aliphatic rings. The molecule has 1 aliphatic heterocycles. The van der Waals surface area contributed by atoms with Crippen LogP contribution in [0, 0.1) is 10.1 Å². The predicted molar refractivity (Wildman–Crippen MR) is 111 cm³/mol. The van der Waals surface area contributed by atoms with Crippen LogP contribution in [-0.2, 0) is 0 Å². The number of likely N-dealkylation sites (tertiary alicyclic amines) is 1. The van der Waals surface area contributed by atoms with Crippen LogP contribution in [0.4, 0.5) is 5.69 Å². The largest absolute Gasteiger partial charge is 0.361 e. The van der Waals surface area contributed by atoms with Crippen molar-refractivity contribution in [3.05, 3.63) is 69.9 Å². The summed E-state index contributed by atoms with van der Waals surface area (Å²) >= 11 is 1.47. The number of carbonyl (C=O) groups is 1. The number of para-hydroxylation sites is 1. The smallest absolute Gasteiger partial charge is 0.282 e. The molecule has 0 bridgehead atoms. The van der Waals surface area contributed by atoms with E-state index in [1.165, 1.54) is 28.8 Å². The Morgan fingerprint density at radius 1 is 1.21 bits per heavy atom. The van der Waals surface area contributed by atoms with Gasteiger partial charge in [0.05, 0.1) is 4.92 Å². The van der Waals surface area contributed by atoms with Gasteiger partial charge in [-0.2, -0.15) is 0 Å². The van der Waals surface area contributed by atoms with Crippen molar-refractivity contribution in [3.63, 3.8) is 0 Å². The molecule has 0 aliphatic carbocycles. The first-order valence-corrected chi connectivity index (χ1v) is 10.5. The highest BCUT2D eigenvalue weighted by molar-refractivity contribution is 7.98. The number of hydrogen-bond acceptors (Lipinski definition) is 4. The quantitative estimate of drug-likeness (QED) is 0.390. The van der Waals surface area contributed by atoms with Crippen molar-refractivity contribution < 1.29 is 9.72 Å². The molecule has 2 heterocycles. The van der Waals surface area contributed by atoms with Crippen LogP contribution in [0.15, 0.2) is 53.6 Å². The Morgan fingerprint density at radius 3 is 2.68 bits per heavy atom. The summed E-state index contributed by atoms with van der Waals surface area (Å²) in [6.45, 7) is 1.20. The molecule has 144 valence electrons. The third-order valence-electron chi connectivity index (χ3n) is 5.47. The number of nitro groups is 1. The van der Waals surface area contributed by atoms with E-state index in [1.807, 2.05) is 18.4 Å². The number of nitrogens with zero attached hydrogens (tertiary/aromatic N) is 2. The minimum Gasteiger partial charge on any atom is -0.361 e. The topological polar surface area (TPSA) is 79.2 Å². The minimum absolute atomic E-state index is 0.124. The fraction of sp³-hybridized carbons (Fsp3) is 0.286. The van der Waals surface area contributed by atoms with E-state index in [9.17, 15) is 14.9 Å². The van der Waals surface area contributed by atoms with Gasteiger partial charge in [0.25, 0.3) is 11.6 Å². The molecule has 1 N–H and O–H groups in total. The van der Waals surface area contributed by atoms with Crippen molar-refractivity contribution in [3.8, 4) is 0 Å². The van der Waals surface area contributed by atoms with Gasteiger partial charge in [0.2, 0.25) is 0 Å². The molecule has 0 atom stereocenters. The molecule has 0 spiro atoms. The zero-order valence-corrected chi connectivity index (χ0v) is 16.4. The van der Waals surface area contributed by atoms with Gasteiger partial charge in [0.15, 0.2) is 0 Å². The number of benzene rings is 2. The summed E-state index contributed by atoms with van der Waals surface area (Å²) in [6, 6.07) is 13.0. The van der Waals surface area contributed by atoms with Gasteiger partial charge in [-0.25, -0.2) is 0 Å². The second-order valence-corrected chi connectivity index (χ2v) is 7.88. The third-order valence-corrected chi connectivity index (χ3v) is 6.20. The maximum absolute atomic E-state index is 13.0. The first-order chi connectivity index (χ1) is 13.6. The zero-order chi connectivity index (χ0) is 19.7. The van der Waals surface area contributed by atoms with E-state index >= 15 is 0 Å². The lowest BCUT2D eigenvalue weighted by Crippen LogP contribution is -2.38. The van der Waals surface area contributed by atoms with Crippen LogP contribution >= 0.6 is 11.8 Å². The number of hydrogen-bond donors (Lipinski definition) is 1. The SMILES string of the molecule is CSc1ccc([N+](=O)[O-])c(C(=O)N2CCC(c3c[nH]c4ccccc34)CC2)c1. The number of amides is 1. The number of aromatic amines is 1. The molecule has 1 amide bonds. The van der Waals surface area contributed by atoms with Crippen molar-refractivity contribution in [2.24, 2.45) is 0 Å². The summed E-state index contributed by atoms with van der Waals surface area (Å²) in [5, 5.41) is 12.6. The summed E-state index contributed by atoms with van der Waals surface area (Å²) in [7, 11) is 0. The fourth-order valence-electron chi connectivity index (χ4n) is 3.97. The molecular formula is C21H21N3O3S. The zero-order valence-electron chi connectivity index (χ0n) is 15.6. The fourth-order valence-corrected chi connectivity index (χ4v) is 4.41. The van der Waals surface area contributed by atoms with Crippen LogP contribution in [0.1, 0.15) is 34.7 Å². The number of nitrogens with one attached hydrogen (secondary N) is 1. The van der Waals surface area contributed by atoms with Crippen molar-refractivity contribution in [1.82, 2.24) is 9.88 Å². The molecule has 6 nitrogen and oxygen atoms in total. The summed E-state index contributed by atoms with van der Waals surface area (Å²) in [5.74, 6) is 0.132. The number of fused-ring (bicyclic) bond motifs is 1. The van der Waals surface area contributed by atoms with Gasteiger partial charge in [-0.3, -0.25) is 14.9 Å². The number of aromatic nitrogens is 1. The summed E-state index contributed by atoms with van der Waals surface area (Å²) in [5.41, 5.74) is 2.47. The molecule has 4 rings (SSSR count). The maximum Gasteiger partial charge on any atom is 0.282 e. The number of rotatable bonds is 4. The van der Waals surface area contributed by atoms with Gasteiger partial charge in [-0.1, -0.05) is 18.2 Å². The summed E-state index contributed by atoms with van der Waals surface area (Å²) in [4.78, 5) is 29.8. The Balaban J connectivity index is 1.52. The Bertz CT molecular complexity index is 1040. The van der Waals surface area contributed by atoms with Crippen molar-refractivity contribution in [2.45, 2.75) is 23.7 Å². The molecule has 1 aromatic heterocycles. The number of thioether (sulfide) groups is 1. The predicted octanol–water partition coefficient (Wildman–Crippen LogP) is 4.82. The second-order valence-electron chi connectivity index (χ2n) is 7.00. The average molecular weight is 395 g/mol. The summed E-state index contributed by atoms with van der Waals surface area (Å²) in [6.07, 6.45) is 5.66. The van der Waals surface area contributed by atoms with E-state index in [4.69, 9.17) is 0 Å². The van der Waals surface area contributed by atoms with Gasteiger partial charge >= 0.3 is 0 Å². The molecule has 2 aromatic carbocycles. The van der Waals surface area contributed by atoms with E-state index in [0.717, 1.165) is 23.3 Å². The molecule has 3 aromatic rings. The Kier molecular flexibility index (Phi) is 5.09. The molecule has 7 heteroatoms. The maximum atomic E-state index is 13.0. The molecule has 0 unspecified atom stereocenters. The molecule has 0 radical (unpaired) electrons. The highest BCUT2D eigenvalue weighted by Crippen LogP contribution is 2.34. The van der Waals surface area contributed by atoms with Gasteiger partial charge < -0.3 is 9.88 Å². The van der Waals surface area contributed by atoms with Gasteiger partial charge in [-0.05, 0) is 48.8 Å². The molecular weight excluding hydrogens is 374 g/mol. The Labute approximate surface area is 167 Å². The monoisotopic (exact) mass is 395 g/mol. The minimum atomic E-state index is -0.476. The van der Waals surface area contributed by atoms with Crippen LogP contribution in [0.25, 0.3) is 10.9 Å². The second kappa shape index (κ2) is 7.67. The van der Waals surface area contributed by atoms with Crippen molar-refractivity contribution in [1.29, 1.82) is 0 Å². The molecule has 0 saturated carbocycles. The van der Waals surface area contributed by atoms with E-state index < -0.39 is 4.92 Å². The van der Waals surface area contributed by atoms with Crippen molar-refractivity contribution >= 4 is 34.3 Å². The number of piperidine rings is 1. The average Bonchev–Trinajstić information content (AvgIpc) is 3.17.